The lowest BCUT2D eigenvalue weighted by Gasteiger charge is -2.15. The molecular formula is C11H16O4. The zero-order chi connectivity index (χ0) is 11.1. The van der Waals surface area contributed by atoms with Crippen LogP contribution in [0, 0.1) is 5.92 Å². The number of hydrogen-bond acceptors (Lipinski definition) is 4. The Hall–Kier alpha value is -1.32. The largest absolute Gasteiger partial charge is 0.463 e. The molecule has 0 aliphatic heterocycles. The molecule has 0 fully saturated rings. The van der Waals surface area contributed by atoms with Crippen molar-refractivity contribution in [2.45, 2.75) is 26.2 Å². The summed E-state index contributed by atoms with van der Waals surface area (Å²) in [5.41, 5.74) is 0. The Morgan fingerprint density at radius 2 is 2.13 bits per heavy atom. The number of carbonyl (C=O) groups excluding carboxylic acids is 2. The molecule has 0 saturated heterocycles. The van der Waals surface area contributed by atoms with E-state index in [2.05, 4.69) is 10.8 Å². The van der Waals surface area contributed by atoms with Crippen LogP contribution in [0.1, 0.15) is 26.2 Å². The predicted octanol–water partition coefficient (Wildman–Crippen LogP) is 1.45. The fourth-order valence-corrected chi connectivity index (χ4v) is 1.46. The minimum absolute atomic E-state index is 0.0931. The van der Waals surface area contributed by atoms with Crippen LogP contribution in [0.25, 0.3) is 0 Å². The Kier molecular flexibility index (Phi) is 4.87. The van der Waals surface area contributed by atoms with Crippen LogP contribution >= 0.6 is 0 Å². The van der Waals surface area contributed by atoms with E-state index in [9.17, 15) is 9.59 Å². The first kappa shape index (κ1) is 11.8. The molecule has 0 bridgehead atoms. The standard InChI is InChI=1S/C11H16O4/c1-2-14-10(12)8-15-11(13)9-6-4-3-5-7-9/h3-4,9H,2,5-8H2,1H3. The van der Waals surface area contributed by atoms with Crippen LogP contribution in [-0.4, -0.2) is 25.2 Å². The summed E-state index contributed by atoms with van der Waals surface area (Å²) in [6, 6.07) is 0. The lowest BCUT2D eigenvalue weighted by Crippen LogP contribution is -2.23. The van der Waals surface area contributed by atoms with E-state index in [1.165, 1.54) is 0 Å². The van der Waals surface area contributed by atoms with Crippen molar-refractivity contribution in [1.29, 1.82) is 0 Å². The molecular weight excluding hydrogens is 196 g/mol. The van der Waals surface area contributed by atoms with Crippen LogP contribution in [0.5, 0.6) is 0 Å². The van der Waals surface area contributed by atoms with Gasteiger partial charge in [-0.25, -0.2) is 4.79 Å². The first-order valence-corrected chi connectivity index (χ1v) is 5.21. The van der Waals surface area contributed by atoms with Crippen molar-refractivity contribution in [3.63, 3.8) is 0 Å². The van der Waals surface area contributed by atoms with Gasteiger partial charge in [0.15, 0.2) is 6.61 Å². The summed E-state index contributed by atoms with van der Waals surface area (Å²) in [6.45, 7) is 1.75. The van der Waals surface area contributed by atoms with Crippen molar-refractivity contribution in [3.8, 4) is 0 Å². The van der Waals surface area contributed by atoms with Crippen LogP contribution in [0.3, 0.4) is 0 Å². The normalized spacial score (nSPS) is 19.7. The molecule has 0 N–H and O–H groups in total. The molecule has 0 aromatic rings. The van der Waals surface area contributed by atoms with E-state index in [4.69, 9.17) is 4.74 Å². The van der Waals surface area contributed by atoms with Crippen molar-refractivity contribution < 1.29 is 19.1 Å². The summed E-state index contributed by atoms with van der Waals surface area (Å²) in [7, 11) is 0. The Bertz CT molecular complexity index is 257. The highest BCUT2D eigenvalue weighted by molar-refractivity contribution is 5.77. The maximum absolute atomic E-state index is 11.4. The van der Waals surface area contributed by atoms with E-state index in [-0.39, 0.29) is 18.5 Å². The van der Waals surface area contributed by atoms with E-state index >= 15 is 0 Å². The van der Waals surface area contributed by atoms with Gasteiger partial charge < -0.3 is 9.47 Å². The molecule has 0 aromatic heterocycles. The zero-order valence-electron chi connectivity index (χ0n) is 8.90. The Labute approximate surface area is 89.2 Å². The second kappa shape index (κ2) is 6.22. The molecule has 1 atom stereocenters. The lowest BCUT2D eigenvalue weighted by molar-refractivity contribution is -0.161. The summed E-state index contributed by atoms with van der Waals surface area (Å²) in [5.74, 6) is -0.881. The van der Waals surface area contributed by atoms with Gasteiger partial charge in [-0.1, -0.05) is 12.2 Å². The highest BCUT2D eigenvalue weighted by Crippen LogP contribution is 2.19. The van der Waals surface area contributed by atoms with Crippen molar-refractivity contribution in [2.75, 3.05) is 13.2 Å². The molecule has 4 nitrogen and oxygen atoms in total. The molecule has 0 spiro atoms. The first-order valence-electron chi connectivity index (χ1n) is 5.21. The van der Waals surface area contributed by atoms with Gasteiger partial charge in [0.05, 0.1) is 12.5 Å². The Morgan fingerprint density at radius 3 is 2.73 bits per heavy atom. The number of allylic oxidation sites excluding steroid dienone is 2. The number of esters is 2. The minimum atomic E-state index is -0.489. The summed E-state index contributed by atoms with van der Waals surface area (Å²) >= 11 is 0. The average molecular weight is 212 g/mol. The van der Waals surface area contributed by atoms with Crippen molar-refractivity contribution in [1.82, 2.24) is 0 Å². The smallest absolute Gasteiger partial charge is 0.344 e. The molecule has 4 heteroatoms. The molecule has 1 aliphatic carbocycles. The average Bonchev–Trinajstić information content (AvgIpc) is 2.27. The van der Waals surface area contributed by atoms with Crippen molar-refractivity contribution in [2.24, 2.45) is 5.92 Å². The van der Waals surface area contributed by atoms with Gasteiger partial charge in [0.1, 0.15) is 0 Å². The lowest BCUT2D eigenvalue weighted by atomic mass is 9.95. The van der Waals surface area contributed by atoms with Crippen LogP contribution in [-0.2, 0) is 19.1 Å². The molecule has 0 aromatic carbocycles. The Balaban J connectivity index is 2.23. The summed E-state index contributed by atoms with van der Waals surface area (Å²) < 4.78 is 9.50. The fourth-order valence-electron chi connectivity index (χ4n) is 1.46. The maximum atomic E-state index is 11.4. The second-order valence-corrected chi connectivity index (χ2v) is 3.39. The number of rotatable bonds is 4. The molecule has 0 amide bonds. The molecule has 0 radical (unpaired) electrons. The van der Waals surface area contributed by atoms with E-state index in [0.717, 1.165) is 12.8 Å². The molecule has 1 aliphatic rings. The highest BCUT2D eigenvalue weighted by Gasteiger charge is 2.20. The first-order chi connectivity index (χ1) is 7.24. The minimum Gasteiger partial charge on any atom is -0.463 e. The van der Waals surface area contributed by atoms with E-state index in [0.29, 0.717) is 13.0 Å². The molecule has 0 heterocycles. The molecule has 1 rings (SSSR count). The van der Waals surface area contributed by atoms with Gasteiger partial charge in [-0.3, -0.25) is 4.79 Å². The monoisotopic (exact) mass is 212 g/mol. The second-order valence-electron chi connectivity index (χ2n) is 3.39. The molecule has 0 saturated carbocycles. The predicted molar refractivity (Wildman–Crippen MR) is 54.1 cm³/mol. The number of ether oxygens (including phenoxy) is 2. The van der Waals surface area contributed by atoms with Gasteiger partial charge in [0, 0.05) is 0 Å². The van der Waals surface area contributed by atoms with E-state index in [1.54, 1.807) is 6.92 Å². The molecule has 84 valence electrons. The van der Waals surface area contributed by atoms with Gasteiger partial charge in [-0.05, 0) is 26.2 Å². The SMILES string of the molecule is CCOC(=O)COC(=O)C1CC=CCC1. The van der Waals surface area contributed by atoms with E-state index in [1.807, 2.05) is 6.08 Å². The van der Waals surface area contributed by atoms with Gasteiger partial charge in [-0.15, -0.1) is 0 Å². The van der Waals surface area contributed by atoms with Gasteiger partial charge in [-0.2, -0.15) is 0 Å². The fraction of sp³-hybridized carbons (Fsp3) is 0.636. The van der Waals surface area contributed by atoms with Crippen LogP contribution in [0.4, 0.5) is 0 Å². The Morgan fingerprint density at radius 1 is 1.33 bits per heavy atom. The van der Waals surface area contributed by atoms with Gasteiger partial charge in [0.25, 0.3) is 0 Å². The van der Waals surface area contributed by atoms with Crippen molar-refractivity contribution >= 4 is 11.9 Å². The maximum Gasteiger partial charge on any atom is 0.344 e. The van der Waals surface area contributed by atoms with Crippen LogP contribution in [0.15, 0.2) is 12.2 Å². The highest BCUT2D eigenvalue weighted by atomic mass is 16.6. The zero-order valence-corrected chi connectivity index (χ0v) is 8.90. The van der Waals surface area contributed by atoms with Gasteiger partial charge in [0.2, 0.25) is 0 Å². The molecule has 1 unspecified atom stereocenters. The third-order valence-electron chi connectivity index (χ3n) is 2.24. The number of hydrogen-bond donors (Lipinski definition) is 0. The van der Waals surface area contributed by atoms with Gasteiger partial charge >= 0.3 is 11.9 Å². The summed E-state index contributed by atoms with van der Waals surface area (Å²) in [5, 5.41) is 0. The third-order valence-corrected chi connectivity index (χ3v) is 2.24. The molecule has 15 heavy (non-hydrogen) atoms. The third kappa shape index (κ3) is 4.14. The van der Waals surface area contributed by atoms with Crippen LogP contribution in [0.2, 0.25) is 0 Å². The van der Waals surface area contributed by atoms with Crippen molar-refractivity contribution in [3.05, 3.63) is 12.2 Å². The summed E-state index contributed by atoms with van der Waals surface area (Å²) in [4.78, 5) is 22.4. The summed E-state index contributed by atoms with van der Waals surface area (Å²) in [6.07, 6.45) is 6.44. The quantitative estimate of drug-likeness (QED) is 0.522. The number of carbonyl (C=O) groups is 2. The topological polar surface area (TPSA) is 52.6 Å². The van der Waals surface area contributed by atoms with E-state index < -0.39 is 5.97 Å². The van der Waals surface area contributed by atoms with Crippen LogP contribution < -0.4 is 0 Å².